The van der Waals surface area contributed by atoms with E-state index in [-0.39, 0.29) is 0 Å². The SMILES string of the molecule is NC=NS(N)(=O)=O. The van der Waals surface area contributed by atoms with Gasteiger partial charge in [-0.1, -0.05) is 0 Å². The van der Waals surface area contributed by atoms with E-state index >= 15 is 0 Å². The second kappa shape index (κ2) is 1.90. The zero-order valence-corrected chi connectivity index (χ0v) is 4.22. The van der Waals surface area contributed by atoms with Crippen LogP contribution in [0.2, 0.25) is 0 Å². The fourth-order valence-electron chi connectivity index (χ4n) is 0.0848. The number of hydrogen-bond acceptors (Lipinski definition) is 2. The molecule has 0 amide bonds. The second-order valence-electron chi connectivity index (χ2n) is 0.769. The van der Waals surface area contributed by atoms with Crippen molar-refractivity contribution in [3.8, 4) is 0 Å². The number of nitrogens with zero attached hydrogens (tertiary/aromatic N) is 1. The van der Waals surface area contributed by atoms with Crippen LogP contribution in [-0.2, 0) is 10.2 Å². The first-order chi connectivity index (χ1) is 3.06. The summed E-state index contributed by atoms with van der Waals surface area (Å²) >= 11 is 0. The second-order valence-corrected chi connectivity index (χ2v) is 2.01. The van der Waals surface area contributed by atoms with Crippen LogP contribution in [0.1, 0.15) is 0 Å². The van der Waals surface area contributed by atoms with Gasteiger partial charge in [0, 0.05) is 0 Å². The lowest BCUT2D eigenvalue weighted by molar-refractivity contribution is 0.600. The first kappa shape index (κ1) is 6.38. The molecule has 0 aliphatic rings. The van der Waals surface area contributed by atoms with Crippen molar-refractivity contribution in [2.24, 2.45) is 15.3 Å². The van der Waals surface area contributed by atoms with Gasteiger partial charge < -0.3 is 5.73 Å². The molecule has 0 aromatic heterocycles. The molecule has 0 radical (unpaired) electrons. The van der Waals surface area contributed by atoms with Crippen molar-refractivity contribution < 1.29 is 8.42 Å². The van der Waals surface area contributed by atoms with Gasteiger partial charge in [-0.25, -0.2) is 5.14 Å². The molecule has 4 N–H and O–H groups in total. The summed E-state index contributed by atoms with van der Waals surface area (Å²) in [5.74, 6) is 0. The molecule has 7 heavy (non-hydrogen) atoms. The van der Waals surface area contributed by atoms with E-state index in [0.29, 0.717) is 6.34 Å². The zero-order valence-electron chi connectivity index (χ0n) is 3.40. The van der Waals surface area contributed by atoms with Crippen molar-refractivity contribution in [1.29, 1.82) is 0 Å². The van der Waals surface area contributed by atoms with E-state index in [1.165, 1.54) is 0 Å². The lowest BCUT2D eigenvalue weighted by atomic mass is 11.4. The Morgan fingerprint density at radius 2 is 2.00 bits per heavy atom. The lowest BCUT2D eigenvalue weighted by Crippen LogP contribution is -2.09. The molecule has 0 aromatic rings. The van der Waals surface area contributed by atoms with Gasteiger partial charge in [0.2, 0.25) is 0 Å². The highest BCUT2D eigenvalue weighted by Crippen LogP contribution is 1.70. The maximum Gasteiger partial charge on any atom is 0.318 e. The summed E-state index contributed by atoms with van der Waals surface area (Å²) in [6, 6.07) is 0. The molecule has 6 heteroatoms. The highest BCUT2D eigenvalue weighted by atomic mass is 32.2. The van der Waals surface area contributed by atoms with E-state index < -0.39 is 10.2 Å². The number of nitrogens with two attached hydrogens (primary N) is 2. The largest absolute Gasteiger partial charge is 0.389 e. The molecule has 0 bridgehead atoms. The van der Waals surface area contributed by atoms with E-state index in [0.717, 1.165) is 0 Å². The topological polar surface area (TPSA) is 98.5 Å². The van der Waals surface area contributed by atoms with Crippen molar-refractivity contribution in [1.82, 2.24) is 0 Å². The number of hydrogen-bond donors (Lipinski definition) is 2. The van der Waals surface area contributed by atoms with Crippen LogP contribution in [0.5, 0.6) is 0 Å². The molecule has 0 unspecified atom stereocenters. The van der Waals surface area contributed by atoms with E-state index in [4.69, 9.17) is 0 Å². The van der Waals surface area contributed by atoms with Crippen LogP contribution in [0, 0.1) is 0 Å². The Hall–Kier alpha value is -0.620. The summed E-state index contributed by atoms with van der Waals surface area (Å²) in [7, 11) is -3.73. The van der Waals surface area contributed by atoms with E-state index in [2.05, 4.69) is 15.3 Å². The fourth-order valence-corrected chi connectivity index (χ4v) is 0.254. The fraction of sp³-hybridized carbons (Fsp3) is 0. The average Bonchev–Trinajstić information content (AvgIpc) is 1.30. The Kier molecular flexibility index (Phi) is 1.73. The summed E-state index contributed by atoms with van der Waals surface area (Å²) < 4.78 is 22.1. The molecule has 0 heterocycles. The summed E-state index contributed by atoms with van der Waals surface area (Å²) in [6.07, 6.45) is 0.620. The highest BCUT2D eigenvalue weighted by Gasteiger charge is 1.89. The Morgan fingerprint density at radius 1 is 1.57 bits per heavy atom. The van der Waals surface area contributed by atoms with Gasteiger partial charge >= 0.3 is 10.2 Å². The molecule has 0 fully saturated rings. The first-order valence-corrected chi connectivity index (χ1v) is 2.85. The van der Waals surface area contributed by atoms with Crippen molar-refractivity contribution in [2.45, 2.75) is 0 Å². The molecule has 0 spiro atoms. The van der Waals surface area contributed by atoms with E-state index in [1.54, 1.807) is 0 Å². The normalized spacial score (nSPS) is 12.7. The van der Waals surface area contributed by atoms with Gasteiger partial charge in [0.25, 0.3) is 0 Å². The predicted molar refractivity (Wildman–Crippen MR) is 25.8 cm³/mol. The van der Waals surface area contributed by atoms with Gasteiger partial charge in [-0.2, -0.15) is 8.42 Å². The minimum atomic E-state index is -3.73. The molecular formula is CH5N3O2S. The molecule has 0 aliphatic heterocycles. The quantitative estimate of drug-likeness (QED) is 0.317. The molecule has 0 aliphatic carbocycles. The van der Waals surface area contributed by atoms with Gasteiger partial charge in [-0.3, -0.25) is 0 Å². The summed E-state index contributed by atoms with van der Waals surface area (Å²) in [5.41, 5.74) is 4.56. The summed E-state index contributed by atoms with van der Waals surface area (Å²) in [5, 5.41) is 4.34. The monoisotopic (exact) mass is 123 g/mol. The molecule has 0 saturated carbocycles. The lowest BCUT2D eigenvalue weighted by Gasteiger charge is -1.78. The first-order valence-electron chi connectivity index (χ1n) is 1.34. The Balaban J connectivity index is 4.13. The van der Waals surface area contributed by atoms with Crippen molar-refractivity contribution >= 4 is 16.5 Å². The average molecular weight is 123 g/mol. The van der Waals surface area contributed by atoms with Gasteiger partial charge in [0.1, 0.15) is 6.34 Å². The van der Waals surface area contributed by atoms with Gasteiger partial charge in [-0.05, 0) is 0 Å². The van der Waals surface area contributed by atoms with E-state index in [1.807, 2.05) is 0 Å². The van der Waals surface area contributed by atoms with Gasteiger partial charge in [0.15, 0.2) is 0 Å². The van der Waals surface area contributed by atoms with Crippen LogP contribution in [0.15, 0.2) is 4.40 Å². The molecule has 42 valence electrons. The summed E-state index contributed by atoms with van der Waals surface area (Å²) in [6.45, 7) is 0. The predicted octanol–water partition coefficient (Wildman–Crippen LogP) is -1.82. The highest BCUT2D eigenvalue weighted by molar-refractivity contribution is 7.87. The molecular weight excluding hydrogens is 118 g/mol. The third-order valence-corrected chi connectivity index (χ3v) is 0.623. The Labute approximate surface area is 41.2 Å². The smallest absolute Gasteiger partial charge is 0.318 e. The minimum absolute atomic E-state index is 0.620. The zero-order chi connectivity index (χ0) is 5.91. The molecule has 0 rings (SSSR count). The molecule has 5 nitrogen and oxygen atoms in total. The molecule has 0 aromatic carbocycles. The Morgan fingerprint density at radius 3 is 2.00 bits per heavy atom. The maximum atomic E-state index is 9.73. The molecule has 0 saturated heterocycles. The minimum Gasteiger partial charge on any atom is -0.389 e. The van der Waals surface area contributed by atoms with E-state index in [9.17, 15) is 8.42 Å². The van der Waals surface area contributed by atoms with Crippen LogP contribution in [-0.4, -0.2) is 14.8 Å². The Bertz CT molecular complexity index is 156. The van der Waals surface area contributed by atoms with Gasteiger partial charge in [-0.15, -0.1) is 4.40 Å². The van der Waals surface area contributed by atoms with Crippen LogP contribution in [0.3, 0.4) is 0 Å². The third-order valence-electron chi connectivity index (χ3n) is 0.208. The summed E-state index contributed by atoms with van der Waals surface area (Å²) in [4.78, 5) is 0. The van der Waals surface area contributed by atoms with Crippen LogP contribution < -0.4 is 10.9 Å². The van der Waals surface area contributed by atoms with Crippen LogP contribution in [0.4, 0.5) is 0 Å². The molecule has 0 atom stereocenters. The standard InChI is InChI=1S/CH5N3O2S/c2-1-4-7(3,5)6/h1H,(H2,2,4)(H2,3,5,6). The van der Waals surface area contributed by atoms with Crippen molar-refractivity contribution in [3.63, 3.8) is 0 Å². The maximum absolute atomic E-state index is 9.73. The van der Waals surface area contributed by atoms with Crippen LogP contribution >= 0.6 is 0 Å². The van der Waals surface area contributed by atoms with Gasteiger partial charge in [0.05, 0.1) is 0 Å². The number of rotatable bonds is 1. The van der Waals surface area contributed by atoms with Crippen molar-refractivity contribution in [2.75, 3.05) is 0 Å². The third kappa shape index (κ3) is 5.38. The van der Waals surface area contributed by atoms with Crippen LogP contribution in [0.25, 0.3) is 0 Å². The van der Waals surface area contributed by atoms with Crippen molar-refractivity contribution in [3.05, 3.63) is 0 Å².